The molecule has 5 rings (SSSR count). The van der Waals surface area contributed by atoms with Crippen LogP contribution in [0.15, 0.2) is 95.9 Å². The van der Waals surface area contributed by atoms with Crippen LogP contribution in [0.2, 0.25) is 0 Å². The lowest BCUT2D eigenvalue weighted by molar-refractivity contribution is 0.102. The fraction of sp³-hybridized carbons (Fsp3) is 0.281. The van der Waals surface area contributed by atoms with E-state index in [0.717, 1.165) is 30.6 Å². The van der Waals surface area contributed by atoms with Crippen molar-refractivity contribution in [2.75, 3.05) is 18.4 Å². The lowest BCUT2D eigenvalue weighted by Gasteiger charge is -2.45. The molecule has 0 aromatic heterocycles. The monoisotopic (exact) mass is 541 g/mol. The highest BCUT2D eigenvalue weighted by molar-refractivity contribution is 7.89. The van der Waals surface area contributed by atoms with Crippen LogP contribution in [-0.4, -0.2) is 37.8 Å². The van der Waals surface area contributed by atoms with Gasteiger partial charge in [-0.05, 0) is 54.6 Å². The Bertz CT molecular complexity index is 1600. The van der Waals surface area contributed by atoms with E-state index in [1.54, 1.807) is 22.5 Å². The molecule has 6 nitrogen and oxygen atoms in total. The standard InChI is InChI=1S/C32H35N3O3S/c1-23-11-7-8-14-25(23)31(36)34-28-17-18-29(27-16-10-9-15-26(27)28)39(37,38)35(21-24-12-5-4-6-13-24)30-19-20-33-22-32(30,2)3/h4-18,30,33H,19-22H2,1-3H3,(H,34,36). The van der Waals surface area contributed by atoms with Crippen molar-refractivity contribution in [3.05, 3.63) is 108 Å². The molecule has 1 amide bonds. The summed E-state index contributed by atoms with van der Waals surface area (Å²) in [5.74, 6) is -0.226. The van der Waals surface area contributed by atoms with E-state index in [-0.39, 0.29) is 28.8 Å². The number of rotatable bonds is 7. The largest absolute Gasteiger partial charge is 0.321 e. The number of amides is 1. The van der Waals surface area contributed by atoms with Crippen molar-refractivity contribution in [1.82, 2.24) is 9.62 Å². The highest BCUT2D eigenvalue weighted by Crippen LogP contribution is 2.38. The molecular formula is C32H35N3O3S. The van der Waals surface area contributed by atoms with Gasteiger partial charge in [-0.1, -0.05) is 86.6 Å². The molecule has 1 unspecified atom stereocenters. The van der Waals surface area contributed by atoms with Gasteiger partial charge >= 0.3 is 0 Å². The van der Waals surface area contributed by atoms with Crippen LogP contribution in [0.25, 0.3) is 10.8 Å². The molecule has 39 heavy (non-hydrogen) atoms. The summed E-state index contributed by atoms with van der Waals surface area (Å²) >= 11 is 0. The Morgan fingerprint density at radius 1 is 0.923 bits per heavy atom. The second-order valence-electron chi connectivity index (χ2n) is 10.9. The van der Waals surface area contributed by atoms with E-state index in [1.807, 2.05) is 79.7 Å². The van der Waals surface area contributed by atoms with Gasteiger partial charge in [0.15, 0.2) is 0 Å². The van der Waals surface area contributed by atoms with Gasteiger partial charge in [-0.25, -0.2) is 8.42 Å². The van der Waals surface area contributed by atoms with Crippen LogP contribution >= 0.6 is 0 Å². The van der Waals surface area contributed by atoms with E-state index in [2.05, 4.69) is 24.5 Å². The molecular weight excluding hydrogens is 506 g/mol. The normalized spacial score (nSPS) is 17.3. The Morgan fingerprint density at radius 2 is 1.59 bits per heavy atom. The highest BCUT2D eigenvalue weighted by Gasteiger charge is 2.42. The molecule has 202 valence electrons. The highest BCUT2D eigenvalue weighted by atomic mass is 32.2. The van der Waals surface area contributed by atoms with Crippen LogP contribution in [0.1, 0.15) is 41.8 Å². The van der Waals surface area contributed by atoms with Gasteiger partial charge in [-0.2, -0.15) is 4.31 Å². The summed E-state index contributed by atoms with van der Waals surface area (Å²) in [4.78, 5) is 13.4. The van der Waals surface area contributed by atoms with Crippen molar-refractivity contribution in [3.8, 4) is 0 Å². The van der Waals surface area contributed by atoms with Crippen molar-refractivity contribution in [2.24, 2.45) is 5.41 Å². The molecule has 4 aromatic rings. The van der Waals surface area contributed by atoms with E-state index in [1.165, 1.54) is 0 Å². The lowest BCUT2D eigenvalue weighted by atomic mass is 9.80. The number of carbonyl (C=O) groups is 1. The molecule has 0 bridgehead atoms. The maximum Gasteiger partial charge on any atom is 0.255 e. The summed E-state index contributed by atoms with van der Waals surface area (Å²) in [7, 11) is -3.91. The number of hydrogen-bond donors (Lipinski definition) is 2. The number of benzene rings is 4. The zero-order valence-electron chi connectivity index (χ0n) is 22.6. The maximum absolute atomic E-state index is 14.6. The van der Waals surface area contributed by atoms with Crippen LogP contribution in [0, 0.1) is 12.3 Å². The lowest BCUT2D eigenvalue weighted by Crippen LogP contribution is -2.55. The average molecular weight is 542 g/mol. The molecule has 4 aromatic carbocycles. The number of aryl methyl sites for hydroxylation is 1. The molecule has 0 saturated carbocycles. The zero-order chi connectivity index (χ0) is 27.6. The minimum atomic E-state index is -3.91. The van der Waals surface area contributed by atoms with Gasteiger partial charge in [0, 0.05) is 41.2 Å². The molecule has 0 radical (unpaired) electrons. The zero-order valence-corrected chi connectivity index (χ0v) is 23.5. The van der Waals surface area contributed by atoms with Crippen LogP contribution < -0.4 is 10.6 Å². The van der Waals surface area contributed by atoms with Gasteiger partial charge in [0.05, 0.1) is 4.90 Å². The molecule has 1 aliphatic heterocycles. The number of piperidine rings is 1. The fourth-order valence-corrected chi connectivity index (χ4v) is 7.56. The molecule has 1 aliphatic rings. The van der Waals surface area contributed by atoms with Gasteiger partial charge in [0.2, 0.25) is 10.0 Å². The maximum atomic E-state index is 14.6. The SMILES string of the molecule is Cc1ccccc1C(=O)Nc1ccc(S(=O)(=O)N(Cc2ccccc2)C2CCNCC2(C)C)c2ccccc12. The summed E-state index contributed by atoms with van der Waals surface area (Å²) in [5, 5.41) is 7.71. The predicted molar refractivity (Wildman–Crippen MR) is 157 cm³/mol. The van der Waals surface area contributed by atoms with E-state index in [4.69, 9.17) is 0 Å². The third-order valence-electron chi connectivity index (χ3n) is 7.71. The molecule has 1 heterocycles. The Morgan fingerprint density at radius 3 is 2.31 bits per heavy atom. The Balaban J connectivity index is 1.58. The number of hydrogen-bond acceptors (Lipinski definition) is 4. The van der Waals surface area contributed by atoms with Crippen molar-refractivity contribution in [2.45, 2.75) is 44.7 Å². The van der Waals surface area contributed by atoms with Crippen molar-refractivity contribution >= 4 is 32.4 Å². The van der Waals surface area contributed by atoms with Gasteiger partial charge < -0.3 is 10.6 Å². The smallest absolute Gasteiger partial charge is 0.255 e. The first-order chi connectivity index (χ1) is 18.7. The summed E-state index contributed by atoms with van der Waals surface area (Å²) in [6.07, 6.45) is 0.724. The number of anilines is 1. The first-order valence-electron chi connectivity index (χ1n) is 13.3. The molecule has 2 N–H and O–H groups in total. The first kappa shape index (κ1) is 27.1. The quantitative estimate of drug-likeness (QED) is 0.302. The van der Waals surface area contributed by atoms with E-state index in [9.17, 15) is 13.2 Å². The minimum Gasteiger partial charge on any atom is -0.321 e. The van der Waals surface area contributed by atoms with Crippen molar-refractivity contribution in [1.29, 1.82) is 0 Å². The van der Waals surface area contributed by atoms with E-state index in [0.29, 0.717) is 22.0 Å². The van der Waals surface area contributed by atoms with Gasteiger partial charge in [0.1, 0.15) is 0 Å². The Labute approximate surface area is 231 Å². The van der Waals surface area contributed by atoms with E-state index >= 15 is 0 Å². The first-order valence-corrected chi connectivity index (χ1v) is 14.8. The van der Waals surface area contributed by atoms with Crippen molar-refractivity contribution in [3.63, 3.8) is 0 Å². The third-order valence-corrected chi connectivity index (χ3v) is 9.63. The number of fused-ring (bicyclic) bond motifs is 1. The molecule has 7 heteroatoms. The minimum absolute atomic E-state index is 0.178. The molecule has 0 spiro atoms. The number of nitrogens with one attached hydrogen (secondary N) is 2. The summed E-state index contributed by atoms with van der Waals surface area (Å²) < 4.78 is 30.8. The summed E-state index contributed by atoms with van der Waals surface area (Å²) in [6, 6.07) is 27.7. The molecule has 0 aliphatic carbocycles. The topological polar surface area (TPSA) is 78.5 Å². The number of nitrogens with zero attached hydrogens (tertiary/aromatic N) is 1. The number of carbonyl (C=O) groups excluding carboxylic acids is 1. The third kappa shape index (κ3) is 5.48. The molecule has 1 saturated heterocycles. The number of sulfonamides is 1. The fourth-order valence-electron chi connectivity index (χ4n) is 5.57. The second kappa shape index (κ2) is 10.9. The Hall–Kier alpha value is -3.52. The molecule has 1 atom stereocenters. The van der Waals surface area contributed by atoms with Crippen LogP contribution in [-0.2, 0) is 16.6 Å². The van der Waals surface area contributed by atoms with Crippen LogP contribution in [0.4, 0.5) is 5.69 Å². The molecule has 1 fully saturated rings. The van der Waals surface area contributed by atoms with E-state index < -0.39 is 10.0 Å². The summed E-state index contributed by atoms with van der Waals surface area (Å²) in [5.41, 5.74) is 2.73. The Kier molecular flexibility index (Phi) is 7.58. The van der Waals surface area contributed by atoms with Crippen LogP contribution in [0.3, 0.4) is 0 Å². The van der Waals surface area contributed by atoms with Crippen molar-refractivity contribution < 1.29 is 13.2 Å². The van der Waals surface area contributed by atoms with Gasteiger partial charge in [-0.3, -0.25) is 4.79 Å². The van der Waals surface area contributed by atoms with Gasteiger partial charge in [-0.15, -0.1) is 0 Å². The predicted octanol–water partition coefficient (Wildman–Crippen LogP) is 5.98. The summed E-state index contributed by atoms with van der Waals surface area (Å²) in [6.45, 7) is 7.94. The van der Waals surface area contributed by atoms with Gasteiger partial charge in [0.25, 0.3) is 5.91 Å². The van der Waals surface area contributed by atoms with Crippen LogP contribution in [0.5, 0.6) is 0 Å². The average Bonchev–Trinajstić information content (AvgIpc) is 2.92. The second-order valence-corrected chi connectivity index (χ2v) is 12.8.